The van der Waals surface area contributed by atoms with Crippen LogP contribution in [0.1, 0.15) is 5.56 Å². The number of carbonyl (C=O) groups is 2. The summed E-state index contributed by atoms with van der Waals surface area (Å²) in [5, 5.41) is 25.6. The molecule has 0 saturated heterocycles. The molecule has 0 aliphatic carbocycles. The van der Waals surface area contributed by atoms with Gasteiger partial charge in [-0.2, -0.15) is 5.26 Å². The van der Waals surface area contributed by atoms with Crippen molar-refractivity contribution in [2.45, 2.75) is 0 Å². The second-order valence-electron chi connectivity index (χ2n) is 7.17. The molecule has 2 N–H and O–H groups in total. The number of para-hydroxylation sites is 1. The molecule has 3 aromatic rings. The SMILES string of the molecule is COc1cc(/C=C(\C#N)C(=O)Nc2cccc([N+](=O)[O-])c2)cc(Cl)c1OCC(=O)Nc1ccccc1. The molecule has 0 aromatic heterocycles. The standard InChI is InChI=1S/C25H19ClN4O6/c1-35-22-12-16(10-17(14-27)25(32)29-19-8-5-9-20(13-19)30(33)34)11-21(26)24(22)36-15-23(31)28-18-6-3-2-4-7-18/h2-13H,15H2,1H3,(H,28,31)(H,29,32)/b17-10+. The summed E-state index contributed by atoms with van der Waals surface area (Å²) in [4.78, 5) is 35.1. The summed E-state index contributed by atoms with van der Waals surface area (Å²) in [5.74, 6) is -0.893. The first-order chi connectivity index (χ1) is 17.3. The number of methoxy groups -OCH3 is 1. The third-order valence-electron chi connectivity index (χ3n) is 4.65. The maximum atomic E-state index is 12.6. The molecule has 2 amide bonds. The van der Waals surface area contributed by atoms with Gasteiger partial charge in [-0.05, 0) is 42.0 Å². The lowest BCUT2D eigenvalue weighted by atomic mass is 10.1. The van der Waals surface area contributed by atoms with Crippen LogP contribution in [0.15, 0.2) is 72.3 Å². The Balaban J connectivity index is 1.75. The van der Waals surface area contributed by atoms with Crippen LogP contribution < -0.4 is 20.1 Å². The summed E-state index contributed by atoms with van der Waals surface area (Å²) in [5.41, 5.74) is 0.625. The molecule has 0 aliphatic rings. The van der Waals surface area contributed by atoms with Crippen LogP contribution >= 0.6 is 11.6 Å². The number of benzene rings is 3. The number of halogens is 1. The van der Waals surface area contributed by atoms with Gasteiger partial charge in [0, 0.05) is 23.5 Å². The van der Waals surface area contributed by atoms with Crippen LogP contribution in [-0.2, 0) is 9.59 Å². The fraction of sp³-hybridized carbons (Fsp3) is 0.0800. The Kier molecular flexibility index (Phi) is 8.58. The number of hydrogen-bond acceptors (Lipinski definition) is 7. The number of nitrogens with zero attached hydrogens (tertiary/aromatic N) is 2. The van der Waals surface area contributed by atoms with Gasteiger partial charge in [-0.1, -0.05) is 35.9 Å². The number of hydrogen-bond donors (Lipinski definition) is 2. The van der Waals surface area contributed by atoms with Crippen LogP contribution in [0, 0.1) is 21.4 Å². The molecular formula is C25H19ClN4O6. The van der Waals surface area contributed by atoms with E-state index in [2.05, 4.69) is 10.6 Å². The Bertz CT molecular complexity index is 1370. The van der Waals surface area contributed by atoms with Crippen molar-refractivity contribution in [3.8, 4) is 17.6 Å². The van der Waals surface area contributed by atoms with Crippen LogP contribution in [0.2, 0.25) is 5.02 Å². The molecule has 10 nitrogen and oxygen atoms in total. The summed E-state index contributed by atoms with van der Waals surface area (Å²) in [6.45, 7) is -0.338. The molecule has 0 radical (unpaired) electrons. The average molecular weight is 507 g/mol. The number of anilines is 2. The maximum Gasteiger partial charge on any atom is 0.271 e. The van der Waals surface area contributed by atoms with Crippen LogP contribution in [0.25, 0.3) is 6.08 Å². The lowest BCUT2D eigenvalue weighted by Gasteiger charge is -2.13. The van der Waals surface area contributed by atoms with Crippen molar-refractivity contribution in [2.24, 2.45) is 0 Å². The molecule has 0 atom stereocenters. The van der Waals surface area contributed by atoms with Crippen LogP contribution in [-0.4, -0.2) is 30.5 Å². The lowest BCUT2D eigenvalue weighted by molar-refractivity contribution is -0.384. The predicted molar refractivity (Wildman–Crippen MR) is 134 cm³/mol. The van der Waals surface area contributed by atoms with E-state index >= 15 is 0 Å². The van der Waals surface area contributed by atoms with E-state index in [4.69, 9.17) is 21.1 Å². The highest BCUT2D eigenvalue weighted by atomic mass is 35.5. The third kappa shape index (κ3) is 6.82. The van der Waals surface area contributed by atoms with Gasteiger partial charge in [0.05, 0.1) is 17.1 Å². The fourth-order valence-corrected chi connectivity index (χ4v) is 3.30. The number of carbonyl (C=O) groups excluding carboxylic acids is 2. The molecule has 3 aromatic carbocycles. The smallest absolute Gasteiger partial charge is 0.271 e. The highest BCUT2D eigenvalue weighted by molar-refractivity contribution is 6.32. The molecule has 0 heterocycles. The second kappa shape index (κ2) is 12.0. The van der Waals surface area contributed by atoms with Crippen LogP contribution in [0.5, 0.6) is 11.5 Å². The van der Waals surface area contributed by atoms with E-state index in [-0.39, 0.29) is 40.1 Å². The van der Waals surface area contributed by atoms with Gasteiger partial charge in [0.25, 0.3) is 17.5 Å². The normalized spacial score (nSPS) is 10.6. The van der Waals surface area contributed by atoms with Gasteiger partial charge >= 0.3 is 0 Å². The molecule has 0 spiro atoms. The van der Waals surface area contributed by atoms with Crippen molar-refractivity contribution < 1.29 is 24.0 Å². The third-order valence-corrected chi connectivity index (χ3v) is 4.93. The minimum Gasteiger partial charge on any atom is -0.493 e. The lowest BCUT2D eigenvalue weighted by Crippen LogP contribution is -2.20. The van der Waals surface area contributed by atoms with E-state index in [0.29, 0.717) is 11.3 Å². The first-order valence-corrected chi connectivity index (χ1v) is 10.7. The zero-order chi connectivity index (χ0) is 26.1. The minimum absolute atomic E-state index is 0.0875. The van der Waals surface area contributed by atoms with Gasteiger partial charge in [-0.3, -0.25) is 19.7 Å². The Labute approximate surface area is 210 Å². The summed E-state index contributed by atoms with van der Waals surface area (Å²) in [6, 6.07) is 18.9. The Morgan fingerprint density at radius 1 is 1.08 bits per heavy atom. The number of nitro benzene ring substituents is 1. The number of rotatable bonds is 9. The molecule has 11 heteroatoms. The maximum absolute atomic E-state index is 12.6. The van der Waals surface area contributed by atoms with Gasteiger partial charge in [0.1, 0.15) is 11.6 Å². The summed E-state index contributed by atoms with van der Waals surface area (Å²) >= 11 is 6.33. The van der Waals surface area contributed by atoms with Crippen molar-refractivity contribution in [2.75, 3.05) is 24.4 Å². The van der Waals surface area contributed by atoms with E-state index < -0.39 is 16.7 Å². The molecule has 36 heavy (non-hydrogen) atoms. The van der Waals surface area contributed by atoms with E-state index in [1.165, 1.54) is 49.6 Å². The number of nitriles is 1. The minimum atomic E-state index is -0.772. The summed E-state index contributed by atoms with van der Waals surface area (Å²) in [6.07, 6.45) is 1.27. The van der Waals surface area contributed by atoms with E-state index in [0.717, 1.165) is 0 Å². The molecule has 3 rings (SSSR count). The van der Waals surface area contributed by atoms with Gasteiger partial charge in [0.2, 0.25) is 0 Å². The molecule has 0 fully saturated rings. The number of amides is 2. The molecule has 0 saturated carbocycles. The van der Waals surface area contributed by atoms with Crippen molar-refractivity contribution in [3.05, 3.63) is 93.0 Å². The first kappa shape index (κ1) is 25.7. The van der Waals surface area contributed by atoms with Crippen molar-refractivity contribution >= 4 is 46.6 Å². The highest BCUT2D eigenvalue weighted by Gasteiger charge is 2.16. The topological polar surface area (TPSA) is 144 Å². The van der Waals surface area contributed by atoms with E-state index in [1.807, 2.05) is 6.07 Å². The van der Waals surface area contributed by atoms with Crippen molar-refractivity contribution in [3.63, 3.8) is 0 Å². The molecule has 0 aliphatic heterocycles. The average Bonchev–Trinajstić information content (AvgIpc) is 2.86. The van der Waals surface area contributed by atoms with Gasteiger partial charge in [-0.25, -0.2) is 0 Å². The number of ether oxygens (including phenoxy) is 2. The van der Waals surface area contributed by atoms with Gasteiger partial charge in [-0.15, -0.1) is 0 Å². The Hall–Kier alpha value is -4.88. The number of nitro groups is 1. The second-order valence-corrected chi connectivity index (χ2v) is 7.58. The zero-order valence-corrected chi connectivity index (χ0v) is 19.6. The Morgan fingerprint density at radius 3 is 2.47 bits per heavy atom. The van der Waals surface area contributed by atoms with Gasteiger partial charge in [0.15, 0.2) is 18.1 Å². The van der Waals surface area contributed by atoms with E-state index in [9.17, 15) is 25.0 Å². The van der Waals surface area contributed by atoms with Gasteiger partial charge < -0.3 is 20.1 Å². The molecule has 182 valence electrons. The number of nitrogens with one attached hydrogen (secondary N) is 2. The zero-order valence-electron chi connectivity index (χ0n) is 18.9. The Morgan fingerprint density at radius 2 is 1.81 bits per heavy atom. The predicted octanol–water partition coefficient (Wildman–Crippen LogP) is 4.82. The highest BCUT2D eigenvalue weighted by Crippen LogP contribution is 2.37. The molecule has 0 unspecified atom stereocenters. The monoisotopic (exact) mass is 506 g/mol. The quantitative estimate of drug-likeness (QED) is 0.183. The van der Waals surface area contributed by atoms with Crippen LogP contribution in [0.3, 0.4) is 0 Å². The largest absolute Gasteiger partial charge is 0.493 e. The molecular weight excluding hydrogens is 488 g/mol. The first-order valence-electron chi connectivity index (χ1n) is 10.3. The number of non-ortho nitro benzene ring substituents is 1. The summed E-state index contributed by atoms with van der Waals surface area (Å²) < 4.78 is 10.9. The van der Waals surface area contributed by atoms with Crippen molar-refractivity contribution in [1.29, 1.82) is 5.26 Å². The van der Waals surface area contributed by atoms with Crippen molar-refractivity contribution in [1.82, 2.24) is 0 Å². The summed E-state index contributed by atoms with van der Waals surface area (Å²) in [7, 11) is 1.37. The van der Waals surface area contributed by atoms with Crippen LogP contribution in [0.4, 0.5) is 17.1 Å². The molecule has 0 bridgehead atoms. The van der Waals surface area contributed by atoms with E-state index in [1.54, 1.807) is 30.3 Å². The fourth-order valence-electron chi connectivity index (χ4n) is 3.03.